The summed E-state index contributed by atoms with van der Waals surface area (Å²) in [5, 5.41) is 0. The van der Waals surface area contributed by atoms with Crippen molar-refractivity contribution < 1.29 is 9.13 Å². The first-order valence-corrected chi connectivity index (χ1v) is 4.36. The molecule has 0 spiro atoms. The molecule has 1 atom stereocenters. The molecule has 0 radical (unpaired) electrons. The molecule has 2 nitrogen and oxygen atoms in total. The zero-order chi connectivity index (χ0) is 9.84. The number of pyridine rings is 1. The van der Waals surface area contributed by atoms with Crippen LogP contribution in [0.2, 0.25) is 0 Å². The number of ether oxygens (including phenoxy) is 1. The van der Waals surface area contributed by atoms with Crippen LogP contribution in [-0.2, 0) is 0 Å². The molecule has 0 fully saturated rings. The van der Waals surface area contributed by atoms with Gasteiger partial charge in [-0.05, 0) is 17.5 Å². The zero-order valence-corrected chi connectivity index (χ0v) is 8.12. The quantitative estimate of drug-likeness (QED) is 0.718. The highest BCUT2D eigenvalue weighted by Crippen LogP contribution is 2.18. The molecule has 0 saturated carbocycles. The van der Waals surface area contributed by atoms with E-state index in [9.17, 15) is 4.39 Å². The first-order chi connectivity index (χ1) is 6.09. The average molecular weight is 183 g/mol. The number of rotatable bonds is 3. The minimum Gasteiger partial charge on any atom is -0.444 e. The van der Waals surface area contributed by atoms with Crippen LogP contribution in [0.1, 0.15) is 32.3 Å². The summed E-state index contributed by atoms with van der Waals surface area (Å²) in [5.41, 5.74) is 1.10. The van der Waals surface area contributed by atoms with Gasteiger partial charge in [-0.3, -0.25) is 0 Å². The van der Waals surface area contributed by atoms with Crippen LogP contribution in [0.5, 0.6) is 5.88 Å². The third kappa shape index (κ3) is 3.01. The van der Waals surface area contributed by atoms with E-state index in [4.69, 9.17) is 4.74 Å². The van der Waals surface area contributed by atoms with Crippen molar-refractivity contribution in [3.8, 4) is 5.88 Å². The molecule has 1 heterocycles. The van der Waals surface area contributed by atoms with Gasteiger partial charge in [0.25, 0.3) is 0 Å². The Kier molecular flexibility index (Phi) is 3.23. The van der Waals surface area contributed by atoms with Crippen molar-refractivity contribution in [3.05, 3.63) is 23.9 Å². The van der Waals surface area contributed by atoms with Gasteiger partial charge in [0, 0.05) is 19.2 Å². The largest absolute Gasteiger partial charge is 0.444 e. The highest BCUT2D eigenvalue weighted by atomic mass is 19.1. The minimum absolute atomic E-state index is 0.348. The third-order valence-corrected chi connectivity index (χ3v) is 1.71. The van der Waals surface area contributed by atoms with Crippen LogP contribution in [-0.4, -0.2) is 11.3 Å². The number of halogens is 1. The van der Waals surface area contributed by atoms with Crippen LogP contribution in [0.4, 0.5) is 4.39 Å². The van der Waals surface area contributed by atoms with E-state index in [2.05, 4.69) is 18.8 Å². The van der Waals surface area contributed by atoms with Gasteiger partial charge in [0.1, 0.15) is 0 Å². The molecule has 0 aromatic carbocycles. The predicted octanol–water partition coefficient (Wildman–Crippen LogP) is 2.90. The Hall–Kier alpha value is -1.12. The monoisotopic (exact) mass is 183 g/mol. The molecule has 3 heteroatoms. The van der Waals surface area contributed by atoms with Crippen LogP contribution >= 0.6 is 0 Å². The van der Waals surface area contributed by atoms with Crippen LogP contribution in [0.3, 0.4) is 0 Å². The normalized spacial score (nSPS) is 13.0. The Morgan fingerprint density at radius 1 is 1.38 bits per heavy atom. The van der Waals surface area contributed by atoms with E-state index in [1.54, 1.807) is 12.3 Å². The minimum atomic E-state index is -1.31. The summed E-state index contributed by atoms with van der Waals surface area (Å²) >= 11 is 0. The molecule has 1 aromatic rings. The Balaban J connectivity index is 2.79. The standard InChI is InChI=1S/C10H14FNO/c1-7(2)9-4-5-12-10(6-9)13-8(3)11/h4-8H,1-3H3. The first-order valence-electron chi connectivity index (χ1n) is 4.36. The van der Waals surface area contributed by atoms with Crippen molar-refractivity contribution in [1.82, 2.24) is 4.98 Å². The van der Waals surface area contributed by atoms with Gasteiger partial charge in [0.2, 0.25) is 12.2 Å². The summed E-state index contributed by atoms with van der Waals surface area (Å²) in [4.78, 5) is 3.90. The van der Waals surface area contributed by atoms with Gasteiger partial charge < -0.3 is 4.74 Å². The van der Waals surface area contributed by atoms with Crippen LogP contribution in [0.15, 0.2) is 18.3 Å². The highest BCUT2D eigenvalue weighted by Gasteiger charge is 2.04. The van der Waals surface area contributed by atoms with E-state index in [-0.39, 0.29) is 0 Å². The maximum Gasteiger partial charge on any atom is 0.237 e. The van der Waals surface area contributed by atoms with Gasteiger partial charge >= 0.3 is 0 Å². The van der Waals surface area contributed by atoms with Gasteiger partial charge in [-0.15, -0.1) is 0 Å². The zero-order valence-electron chi connectivity index (χ0n) is 8.12. The summed E-state index contributed by atoms with van der Waals surface area (Å²) in [6.45, 7) is 5.47. The van der Waals surface area contributed by atoms with Crippen molar-refractivity contribution in [1.29, 1.82) is 0 Å². The van der Waals surface area contributed by atoms with Gasteiger partial charge in [-0.25, -0.2) is 9.37 Å². The smallest absolute Gasteiger partial charge is 0.237 e. The lowest BCUT2D eigenvalue weighted by Gasteiger charge is -2.08. The maximum atomic E-state index is 12.5. The molecular formula is C10H14FNO. The molecular weight excluding hydrogens is 169 g/mol. The molecule has 0 N–H and O–H groups in total. The SMILES string of the molecule is CC(F)Oc1cc(C(C)C)ccn1. The highest BCUT2D eigenvalue weighted by molar-refractivity contribution is 5.23. The van der Waals surface area contributed by atoms with E-state index in [1.165, 1.54) is 6.92 Å². The van der Waals surface area contributed by atoms with Crippen LogP contribution < -0.4 is 4.74 Å². The fraction of sp³-hybridized carbons (Fsp3) is 0.500. The molecule has 0 aliphatic rings. The predicted molar refractivity (Wildman–Crippen MR) is 49.5 cm³/mol. The molecule has 0 saturated heterocycles. The van der Waals surface area contributed by atoms with Crippen molar-refractivity contribution in [2.24, 2.45) is 0 Å². The van der Waals surface area contributed by atoms with Gasteiger partial charge in [0.05, 0.1) is 0 Å². The summed E-state index contributed by atoms with van der Waals surface area (Å²) in [6, 6.07) is 3.67. The molecule has 13 heavy (non-hydrogen) atoms. The van der Waals surface area contributed by atoms with E-state index in [0.29, 0.717) is 11.8 Å². The number of alkyl halides is 1. The van der Waals surface area contributed by atoms with Gasteiger partial charge in [0.15, 0.2) is 0 Å². The summed E-state index contributed by atoms with van der Waals surface area (Å²) in [6.07, 6.45) is 0.322. The molecule has 0 bridgehead atoms. The molecule has 72 valence electrons. The molecule has 1 aromatic heterocycles. The summed E-state index contributed by atoms with van der Waals surface area (Å²) in [5.74, 6) is 0.751. The van der Waals surface area contributed by atoms with E-state index in [1.807, 2.05) is 6.07 Å². The van der Waals surface area contributed by atoms with Gasteiger partial charge in [-0.2, -0.15) is 0 Å². The first kappa shape index (κ1) is 9.96. The number of hydrogen-bond donors (Lipinski definition) is 0. The second-order valence-electron chi connectivity index (χ2n) is 3.24. The number of nitrogens with zero attached hydrogens (tertiary/aromatic N) is 1. The maximum absolute atomic E-state index is 12.5. The fourth-order valence-corrected chi connectivity index (χ4v) is 1.01. The molecule has 0 amide bonds. The second kappa shape index (κ2) is 4.21. The van der Waals surface area contributed by atoms with E-state index >= 15 is 0 Å². The van der Waals surface area contributed by atoms with Gasteiger partial charge in [-0.1, -0.05) is 13.8 Å². The Labute approximate surface area is 77.8 Å². The molecule has 0 aliphatic carbocycles. The van der Waals surface area contributed by atoms with Crippen LogP contribution in [0.25, 0.3) is 0 Å². The topological polar surface area (TPSA) is 22.1 Å². The lowest BCUT2D eigenvalue weighted by atomic mass is 10.1. The number of hydrogen-bond acceptors (Lipinski definition) is 2. The van der Waals surface area contributed by atoms with Crippen LogP contribution in [0, 0.1) is 0 Å². The lowest BCUT2D eigenvalue weighted by Crippen LogP contribution is -2.05. The Bertz CT molecular complexity index is 273. The lowest BCUT2D eigenvalue weighted by molar-refractivity contribution is 0.0809. The van der Waals surface area contributed by atoms with Crippen molar-refractivity contribution in [2.75, 3.05) is 0 Å². The molecule has 0 aliphatic heterocycles. The van der Waals surface area contributed by atoms with E-state index < -0.39 is 6.36 Å². The fourth-order valence-electron chi connectivity index (χ4n) is 1.01. The number of aromatic nitrogens is 1. The van der Waals surface area contributed by atoms with Crippen molar-refractivity contribution in [3.63, 3.8) is 0 Å². The molecule has 1 unspecified atom stereocenters. The Morgan fingerprint density at radius 2 is 2.08 bits per heavy atom. The summed E-state index contributed by atoms with van der Waals surface area (Å²) in [7, 11) is 0. The molecule has 1 rings (SSSR count). The third-order valence-electron chi connectivity index (χ3n) is 1.71. The van der Waals surface area contributed by atoms with Crippen molar-refractivity contribution in [2.45, 2.75) is 33.0 Å². The average Bonchev–Trinajstić information content (AvgIpc) is 2.03. The summed E-state index contributed by atoms with van der Waals surface area (Å²) < 4.78 is 17.3. The second-order valence-corrected chi connectivity index (χ2v) is 3.24. The van der Waals surface area contributed by atoms with Crippen molar-refractivity contribution >= 4 is 0 Å². The van der Waals surface area contributed by atoms with E-state index in [0.717, 1.165) is 5.56 Å². The Morgan fingerprint density at radius 3 is 2.62 bits per heavy atom.